The number of hydrogen-bond acceptors (Lipinski definition) is 8. The summed E-state index contributed by atoms with van der Waals surface area (Å²) in [7, 11) is -4.73. The van der Waals surface area contributed by atoms with Crippen molar-refractivity contribution in [1.82, 2.24) is 5.32 Å². The fraction of sp³-hybridized carbons (Fsp3) is 0.630. The highest BCUT2D eigenvalue weighted by Crippen LogP contribution is 2.45. The van der Waals surface area contributed by atoms with Gasteiger partial charge in [-0.3, -0.25) is 9.59 Å². The third-order valence-corrected chi connectivity index (χ3v) is 17.6. The number of ketones is 1. The van der Waals surface area contributed by atoms with Crippen molar-refractivity contribution in [2.75, 3.05) is 12.4 Å². The fourth-order valence-corrected chi connectivity index (χ4v) is 6.40. The van der Waals surface area contributed by atoms with Gasteiger partial charge in [0.15, 0.2) is 6.61 Å². The molecule has 9 nitrogen and oxygen atoms in total. The largest absolute Gasteiger partial charge is 0.543 e. The van der Waals surface area contributed by atoms with Gasteiger partial charge in [-0.15, -0.1) is 0 Å². The molecule has 39 heavy (non-hydrogen) atoms. The quantitative estimate of drug-likeness (QED) is 0.264. The van der Waals surface area contributed by atoms with E-state index in [4.69, 9.17) is 13.6 Å². The molecule has 0 fully saturated rings. The maximum atomic E-state index is 13.5. The van der Waals surface area contributed by atoms with Crippen LogP contribution in [0.15, 0.2) is 6.07 Å². The Morgan fingerprint density at radius 2 is 1.51 bits per heavy atom. The molecule has 12 heteroatoms. The molecule has 1 aromatic carbocycles. The minimum atomic E-state index is -2.39. The second kappa shape index (κ2) is 11.7. The first-order chi connectivity index (χ1) is 17.6. The molecule has 0 saturated carbocycles. The molecule has 0 unspecified atom stereocenters. The van der Waals surface area contributed by atoms with Crippen molar-refractivity contribution >= 4 is 52.0 Å². The van der Waals surface area contributed by atoms with Gasteiger partial charge in [0.2, 0.25) is 16.6 Å². The highest BCUT2D eigenvalue weighted by Gasteiger charge is 2.42. The minimum absolute atomic E-state index is 0.0103. The average Bonchev–Trinajstić information content (AvgIpc) is 2.76. The van der Waals surface area contributed by atoms with E-state index in [1.54, 1.807) is 6.92 Å². The van der Waals surface area contributed by atoms with Crippen molar-refractivity contribution in [3.05, 3.63) is 22.8 Å². The van der Waals surface area contributed by atoms with Gasteiger partial charge in [-0.2, -0.15) is 11.8 Å². The van der Waals surface area contributed by atoms with Crippen molar-refractivity contribution in [1.29, 1.82) is 0 Å². The molecular formula is C27H43NO8SSi2. The van der Waals surface area contributed by atoms with Crippen molar-refractivity contribution in [3.8, 4) is 11.5 Å². The number of ether oxygens (including phenoxy) is 1. The average molecular weight is 598 g/mol. The molecule has 2 N–H and O–H groups in total. The molecular weight excluding hydrogens is 555 g/mol. The number of Topliss-reactive ketones (excluding diaryl/α,β-unsaturated/α-hetero) is 1. The fourth-order valence-electron chi connectivity index (χ4n) is 3.22. The van der Waals surface area contributed by atoms with E-state index in [0.717, 1.165) is 0 Å². The summed E-state index contributed by atoms with van der Waals surface area (Å²) >= 11 is 1.22. The SMILES string of the molecule is Cc1c(O[Si](C)(C)C(C)(C)C)cc(O[Si](C)(C)C(C)(C)C)c2c1C(=O)OCC(=O)C(=O)N[C@H](C(=O)O)CSC2. The van der Waals surface area contributed by atoms with E-state index < -0.39 is 52.9 Å². The summed E-state index contributed by atoms with van der Waals surface area (Å²) in [5.74, 6) is -2.95. The van der Waals surface area contributed by atoms with Crippen LogP contribution in [0.4, 0.5) is 0 Å². The first-order valence-electron chi connectivity index (χ1n) is 12.9. The number of carbonyl (C=O) groups is 4. The molecule has 1 heterocycles. The second-order valence-corrected chi connectivity index (χ2v) is 23.4. The number of thioether (sulfide) groups is 1. The van der Waals surface area contributed by atoms with Gasteiger partial charge in [-0.25, -0.2) is 9.59 Å². The summed E-state index contributed by atoms with van der Waals surface area (Å²) in [6, 6.07) is 0.563. The molecule has 2 rings (SSSR count). The number of esters is 1. The van der Waals surface area contributed by atoms with Crippen molar-refractivity contribution in [3.63, 3.8) is 0 Å². The Morgan fingerprint density at radius 3 is 2.00 bits per heavy atom. The standard InChI is InChI=1S/C27H43NO8SSi2/c1-16-20(35-38(8,9)26(2,3)4)12-21(36-39(10,11)27(5,6)7)17-14-37-15-18(24(31)32)28-23(30)19(29)13-34-25(33)22(16)17/h12,18H,13-15H2,1-11H3,(H,28,30)(H,31,32)/t18-/m0/s1. The Labute approximate surface area is 238 Å². The number of carbonyl (C=O) groups excluding carboxylic acids is 3. The summed E-state index contributed by atoms with van der Waals surface area (Å²) in [4.78, 5) is 49.8. The van der Waals surface area contributed by atoms with E-state index in [0.29, 0.717) is 22.6 Å². The molecule has 0 spiro atoms. The van der Waals surface area contributed by atoms with Gasteiger partial charge in [0.05, 0.1) is 5.56 Å². The van der Waals surface area contributed by atoms with Gasteiger partial charge in [0.25, 0.3) is 11.7 Å². The highest BCUT2D eigenvalue weighted by molar-refractivity contribution is 7.98. The lowest BCUT2D eigenvalue weighted by atomic mass is 10.0. The van der Waals surface area contributed by atoms with E-state index in [2.05, 4.69) is 73.0 Å². The van der Waals surface area contributed by atoms with Crippen LogP contribution in [-0.2, 0) is 24.9 Å². The summed E-state index contributed by atoms with van der Waals surface area (Å²) < 4.78 is 18.7. The van der Waals surface area contributed by atoms with Gasteiger partial charge in [-0.05, 0) is 43.2 Å². The lowest BCUT2D eigenvalue weighted by Crippen LogP contribution is -2.46. The summed E-state index contributed by atoms with van der Waals surface area (Å²) in [6.45, 7) is 22.1. The van der Waals surface area contributed by atoms with Crippen LogP contribution < -0.4 is 14.2 Å². The molecule has 1 aliphatic rings. The van der Waals surface area contributed by atoms with Crippen molar-refractivity contribution in [2.45, 2.75) is 96.5 Å². The van der Waals surface area contributed by atoms with E-state index in [1.807, 2.05) is 6.07 Å². The third kappa shape index (κ3) is 7.66. The first kappa shape index (κ1) is 32.9. The zero-order chi connectivity index (χ0) is 30.1. The molecule has 1 amide bonds. The van der Waals surface area contributed by atoms with E-state index in [-0.39, 0.29) is 27.1 Å². The number of aliphatic carboxylic acids is 1. The number of hydrogen-bond donors (Lipinski definition) is 2. The van der Waals surface area contributed by atoms with Crippen molar-refractivity contribution in [2.24, 2.45) is 0 Å². The van der Waals surface area contributed by atoms with Crippen LogP contribution in [0.25, 0.3) is 0 Å². The second-order valence-electron chi connectivity index (χ2n) is 13.0. The minimum Gasteiger partial charge on any atom is -0.543 e. The maximum Gasteiger partial charge on any atom is 0.339 e. The van der Waals surface area contributed by atoms with Gasteiger partial charge < -0.3 is 24.0 Å². The number of carboxylic acid groups (broad SMARTS) is 1. The maximum absolute atomic E-state index is 13.5. The van der Waals surface area contributed by atoms with Crippen LogP contribution in [0.2, 0.25) is 36.3 Å². The van der Waals surface area contributed by atoms with Gasteiger partial charge in [0.1, 0.15) is 17.5 Å². The molecule has 0 saturated heterocycles. The predicted molar refractivity (Wildman–Crippen MR) is 158 cm³/mol. The van der Waals surface area contributed by atoms with Gasteiger partial charge in [0, 0.05) is 28.7 Å². The summed E-state index contributed by atoms with van der Waals surface area (Å²) in [5.41, 5.74) is 1.32. The molecule has 0 aromatic heterocycles. The topological polar surface area (TPSA) is 128 Å². The molecule has 218 valence electrons. The van der Waals surface area contributed by atoms with Crippen LogP contribution in [-0.4, -0.2) is 63.8 Å². The molecule has 1 atom stereocenters. The molecule has 0 radical (unpaired) electrons. The zero-order valence-corrected chi connectivity index (χ0v) is 27.8. The Balaban J connectivity index is 2.79. The number of fused-ring (bicyclic) bond motifs is 1. The normalized spacial score (nSPS) is 18.2. The molecule has 1 aromatic rings. The Bertz CT molecular complexity index is 1150. The molecule has 0 aliphatic carbocycles. The molecule has 0 bridgehead atoms. The summed E-state index contributed by atoms with van der Waals surface area (Å²) in [5, 5.41) is 11.5. The predicted octanol–water partition coefficient (Wildman–Crippen LogP) is 5.31. The number of nitrogens with one attached hydrogen (secondary N) is 1. The Hall–Kier alpha value is -2.32. The van der Waals surface area contributed by atoms with Crippen LogP contribution in [0.1, 0.15) is 63.0 Å². The monoisotopic (exact) mass is 597 g/mol. The van der Waals surface area contributed by atoms with Crippen LogP contribution in [0.5, 0.6) is 11.5 Å². The summed E-state index contributed by atoms with van der Waals surface area (Å²) in [6.07, 6.45) is 0. The lowest BCUT2D eigenvalue weighted by Gasteiger charge is -2.39. The smallest absolute Gasteiger partial charge is 0.339 e. The first-order valence-corrected chi connectivity index (χ1v) is 19.9. The number of amides is 1. The Morgan fingerprint density at radius 1 is 1.00 bits per heavy atom. The van der Waals surface area contributed by atoms with Gasteiger partial charge in [-0.1, -0.05) is 41.5 Å². The van der Waals surface area contributed by atoms with E-state index in [1.165, 1.54) is 11.8 Å². The molecule has 1 aliphatic heterocycles. The number of carboxylic acids is 1. The number of rotatable bonds is 5. The van der Waals surface area contributed by atoms with Crippen LogP contribution >= 0.6 is 11.8 Å². The van der Waals surface area contributed by atoms with Crippen LogP contribution in [0.3, 0.4) is 0 Å². The van der Waals surface area contributed by atoms with Gasteiger partial charge >= 0.3 is 11.9 Å². The third-order valence-electron chi connectivity index (χ3n) is 7.87. The number of cyclic esters (lactones) is 1. The lowest BCUT2D eigenvalue weighted by molar-refractivity contribution is -0.144. The van der Waals surface area contributed by atoms with E-state index >= 15 is 0 Å². The Kier molecular flexibility index (Phi) is 9.83. The zero-order valence-electron chi connectivity index (χ0n) is 25.0. The van der Waals surface area contributed by atoms with Crippen molar-refractivity contribution < 1.29 is 37.9 Å². The number of benzene rings is 1. The van der Waals surface area contributed by atoms with E-state index in [9.17, 15) is 24.3 Å². The van der Waals surface area contributed by atoms with Crippen LogP contribution in [0, 0.1) is 6.92 Å². The highest BCUT2D eigenvalue weighted by atomic mass is 32.2.